The molecule has 2 aromatic rings. The van der Waals surface area contributed by atoms with Crippen molar-refractivity contribution in [1.82, 2.24) is 4.72 Å². The molecule has 22 heavy (non-hydrogen) atoms. The highest BCUT2D eigenvalue weighted by molar-refractivity contribution is 7.88. The van der Waals surface area contributed by atoms with Crippen molar-refractivity contribution in [3.63, 3.8) is 0 Å². The van der Waals surface area contributed by atoms with Crippen LogP contribution in [0, 0.1) is 11.7 Å². The summed E-state index contributed by atoms with van der Waals surface area (Å²) in [6.07, 6.45) is 0. The molecule has 118 valence electrons. The van der Waals surface area contributed by atoms with E-state index in [2.05, 4.69) is 4.72 Å². The van der Waals surface area contributed by atoms with E-state index in [9.17, 15) is 12.8 Å². The van der Waals surface area contributed by atoms with Gasteiger partial charge in [0.25, 0.3) is 0 Å². The van der Waals surface area contributed by atoms with Crippen LogP contribution in [0.1, 0.15) is 31.0 Å². The second-order valence-corrected chi connectivity index (χ2v) is 7.39. The molecule has 0 spiro atoms. The molecular formula is C17H20FNO2S. The number of rotatable bonds is 6. The zero-order valence-electron chi connectivity index (χ0n) is 12.7. The molecule has 0 aliphatic rings. The molecule has 1 N–H and O–H groups in total. The molecule has 0 radical (unpaired) electrons. The highest BCUT2D eigenvalue weighted by Crippen LogP contribution is 2.23. The monoisotopic (exact) mass is 321 g/mol. The smallest absolute Gasteiger partial charge is 0.212 e. The molecule has 0 heterocycles. The molecule has 0 saturated carbocycles. The lowest BCUT2D eigenvalue weighted by atomic mass is 9.97. The highest BCUT2D eigenvalue weighted by Gasteiger charge is 2.22. The second kappa shape index (κ2) is 7.03. The number of benzene rings is 2. The van der Waals surface area contributed by atoms with E-state index in [0.29, 0.717) is 5.56 Å². The SMILES string of the molecule is CC(C)C(NS(=O)(=O)Cc1ccc(F)cc1)c1ccccc1. The van der Waals surface area contributed by atoms with E-state index in [1.165, 1.54) is 24.3 Å². The lowest BCUT2D eigenvalue weighted by Gasteiger charge is -2.22. The topological polar surface area (TPSA) is 46.2 Å². The fraction of sp³-hybridized carbons (Fsp3) is 0.294. The van der Waals surface area contributed by atoms with Crippen LogP contribution in [0.25, 0.3) is 0 Å². The van der Waals surface area contributed by atoms with Crippen molar-refractivity contribution in [2.45, 2.75) is 25.6 Å². The van der Waals surface area contributed by atoms with Crippen molar-refractivity contribution in [2.24, 2.45) is 5.92 Å². The first kappa shape index (κ1) is 16.6. The summed E-state index contributed by atoms with van der Waals surface area (Å²) in [4.78, 5) is 0. The Bertz CT molecular complexity index is 697. The summed E-state index contributed by atoms with van der Waals surface area (Å²) in [6, 6.07) is 14.7. The van der Waals surface area contributed by atoms with Crippen LogP contribution >= 0.6 is 0 Å². The van der Waals surface area contributed by atoms with Crippen LogP contribution in [0.3, 0.4) is 0 Å². The molecule has 0 aliphatic carbocycles. The van der Waals surface area contributed by atoms with Gasteiger partial charge in [-0.2, -0.15) is 0 Å². The summed E-state index contributed by atoms with van der Waals surface area (Å²) < 4.78 is 40.4. The third-order valence-corrected chi connectivity index (χ3v) is 4.73. The van der Waals surface area contributed by atoms with Gasteiger partial charge < -0.3 is 0 Å². The Morgan fingerprint density at radius 1 is 1.00 bits per heavy atom. The van der Waals surface area contributed by atoms with Crippen molar-refractivity contribution < 1.29 is 12.8 Å². The molecule has 1 unspecified atom stereocenters. The first-order valence-corrected chi connectivity index (χ1v) is 8.82. The average Bonchev–Trinajstić information content (AvgIpc) is 2.48. The molecule has 1 atom stereocenters. The minimum absolute atomic E-state index is 0.116. The molecule has 0 bridgehead atoms. The summed E-state index contributed by atoms with van der Waals surface area (Å²) >= 11 is 0. The Morgan fingerprint density at radius 2 is 1.59 bits per heavy atom. The maximum Gasteiger partial charge on any atom is 0.216 e. The first-order valence-electron chi connectivity index (χ1n) is 7.17. The van der Waals surface area contributed by atoms with Crippen LogP contribution in [0.2, 0.25) is 0 Å². The summed E-state index contributed by atoms with van der Waals surface area (Å²) in [5, 5.41) is 0. The van der Waals surface area contributed by atoms with Gasteiger partial charge in [-0.3, -0.25) is 0 Å². The summed E-state index contributed by atoms with van der Waals surface area (Å²) in [5.41, 5.74) is 1.49. The average molecular weight is 321 g/mol. The summed E-state index contributed by atoms with van der Waals surface area (Å²) in [7, 11) is -3.51. The zero-order valence-corrected chi connectivity index (χ0v) is 13.5. The van der Waals surface area contributed by atoms with Crippen molar-refractivity contribution in [3.05, 3.63) is 71.5 Å². The van der Waals surface area contributed by atoms with Crippen molar-refractivity contribution in [3.8, 4) is 0 Å². The Labute approximate surface area is 131 Å². The van der Waals surface area contributed by atoms with Crippen LogP contribution in [-0.4, -0.2) is 8.42 Å². The van der Waals surface area contributed by atoms with E-state index in [-0.39, 0.29) is 23.5 Å². The van der Waals surface area contributed by atoms with Crippen molar-refractivity contribution >= 4 is 10.0 Å². The fourth-order valence-electron chi connectivity index (χ4n) is 2.28. The van der Waals surface area contributed by atoms with E-state index >= 15 is 0 Å². The van der Waals surface area contributed by atoms with Crippen LogP contribution < -0.4 is 4.72 Å². The van der Waals surface area contributed by atoms with Crippen LogP contribution in [0.5, 0.6) is 0 Å². The summed E-state index contributed by atoms with van der Waals surface area (Å²) in [6.45, 7) is 3.94. The van der Waals surface area contributed by atoms with Gasteiger partial charge in [-0.15, -0.1) is 0 Å². The minimum atomic E-state index is -3.51. The zero-order chi connectivity index (χ0) is 16.2. The number of hydrogen-bond donors (Lipinski definition) is 1. The molecule has 0 fully saturated rings. The molecular weight excluding hydrogens is 301 g/mol. The van der Waals surface area contributed by atoms with Gasteiger partial charge in [0.15, 0.2) is 0 Å². The third kappa shape index (κ3) is 4.64. The largest absolute Gasteiger partial charge is 0.216 e. The second-order valence-electron chi connectivity index (χ2n) is 5.64. The molecule has 0 aromatic heterocycles. The van der Waals surface area contributed by atoms with Crippen LogP contribution in [0.15, 0.2) is 54.6 Å². The molecule has 3 nitrogen and oxygen atoms in total. The molecule has 0 aliphatic heterocycles. The minimum Gasteiger partial charge on any atom is -0.212 e. The number of halogens is 1. The normalized spacial score (nSPS) is 13.3. The van der Waals surface area contributed by atoms with Crippen LogP contribution in [-0.2, 0) is 15.8 Å². The Hall–Kier alpha value is -1.72. The van der Waals surface area contributed by atoms with E-state index in [1.807, 2.05) is 44.2 Å². The fourth-order valence-corrected chi connectivity index (χ4v) is 3.79. The van der Waals surface area contributed by atoms with Crippen molar-refractivity contribution in [2.75, 3.05) is 0 Å². The number of nitrogens with one attached hydrogen (secondary N) is 1. The predicted molar refractivity (Wildman–Crippen MR) is 86.2 cm³/mol. The van der Waals surface area contributed by atoms with Gasteiger partial charge in [-0.05, 0) is 29.2 Å². The standard InChI is InChI=1S/C17H20FNO2S/c1-13(2)17(15-6-4-3-5-7-15)19-22(20,21)12-14-8-10-16(18)11-9-14/h3-11,13,17,19H,12H2,1-2H3. The predicted octanol–water partition coefficient (Wildman–Crippen LogP) is 3.64. The first-order chi connectivity index (χ1) is 10.4. The Balaban J connectivity index is 2.16. The van der Waals surface area contributed by atoms with Gasteiger partial charge in [0.2, 0.25) is 10.0 Å². The highest BCUT2D eigenvalue weighted by atomic mass is 32.2. The lowest BCUT2D eigenvalue weighted by molar-refractivity contribution is 0.462. The maximum absolute atomic E-state index is 12.9. The van der Waals surface area contributed by atoms with E-state index in [4.69, 9.17) is 0 Å². The molecule has 2 aromatic carbocycles. The molecule has 0 saturated heterocycles. The van der Waals surface area contributed by atoms with Gasteiger partial charge in [0, 0.05) is 6.04 Å². The summed E-state index contributed by atoms with van der Waals surface area (Å²) in [5.74, 6) is -0.424. The van der Waals surface area contributed by atoms with Gasteiger partial charge in [0.05, 0.1) is 5.75 Å². The van der Waals surface area contributed by atoms with E-state index in [1.54, 1.807) is 0 Å². The van der Waals surface area contributed by atoms with Gasteiger partial charge in [-0.1, -0.05) is 56.3 Å². The lowest BCUT2D eigenvalue weighted by Crippen LogP contribution is -2.32. The van der Waals surface area contributed by atoms with Gasteiger partial charge in [-0.25, -0.2) is 17.5 Å². The number of sulfonamides is 1. The molecule has 0 amide bonds. The number of hydrogen-bond acceptors (Lipinski definition) is 2. The quantitative estimate of drug-likeness (QED) is 0.883. The Kier molecular flexibility index (Phi) is 5.32. The van der Waals surface area contributed by atoms with Crippen LogP contribution in [0.4, 0.5) is 4.39 Å². The molecule has 2 rings (SSSR count). The van der Waals surface area contributed by atoms with E-state index in [0.717, 1.165) is 5.56 Å². The van der Waals surface area contributed by atoms with Gasteiger partial charge >= 0.3 is 0 Å². The third-order valence-electron chi connectivity index (χ3n) is 3.40. The van der Waals surface area contributed by atoms with Gasteiger partial charge in [0.1, 0.15) is 5.82 Å². The maximum atomic E-state index is 12.9. The Morgan fingerprint density at radius 3 is 2.14 bits per heavy atom. The van der Waals surface area contributed by atoms with Crippen molar-refractivity contribution in [1.29, 1.82) is 0 Å². The molecule has 5 heteroatoms. The van der Waals surface area contributed by atoms with E-state index < -0.39 is 10.0 Å².